The van der Waals surface area contributed by atoms with Crippen LogP contribution in [0.15, 0.2) is 4.99 Å². The first-order valence-corrected chi connectivity index (χ1v) is 2.47. The molecule has 0 radical (unpaired) electrons. The van der Waals surface area contributed by atoms with E-state index in [1.807, 2.05) is 0 Å². The van der Waals surface area contributed by atoms with E-state index >= 15 is 0 Å². The second-order valence-corrected chi connectivity index (χ2v) is 1.34. The second kappa shape index (κ2) is 8.32. The number of isocyanates is 1. The molecule has 0 fully saturated rings. The van der Waals surface area contributed by atoms with Crippen LogP contribution in [0.4, 0.5) is 0 Å². The van der Waals surface area contributed by atoms with Gasteiger partial charge in [-0.3, -0.25) is 4.79 Å². The van der Waals surface area contributed by atoms with Gasteiger partial charge in [0.1, 0.15) is 0 Å². The monoisotopic (exact) mass is 161 g/mol. The van der Waals surface area contributed by atoms with Crippen LogP contribution in [0.25, 0.3) is 0 Å². The van der Waals surface area contributed by atoms with Crippen LogP contribution in [0.5, 0.6) is 0 Å². The molecule has 0 aliphatic heterocycles. The van der Waals surface area contributed by atoms with E-state index in [-0.39, 0.29) is 6.47 Å². The standard InChI is InChI=1S/C4H5NO3.CH2O2/c1-3(4(7)8)5-2-6;2-1-3/h3H,1H3,(H,7,8);1H,(H,2,3). The van der Waals surface area contributed by atoms with E-state index in [9.17, 15) is 9.59 Å². The van der Waals surface area contributed by atoms with E-state index in [0.29, 0.717) is 0 Å². The maximum absolute atomic E-state index is 9.82. The van der Waals surface area contributed by atoms with Gasteiger partial charge in [-0.2, -0.15) is 4.99 Å². The number of carboxylic acids is 1. The normalized spacial score (nSPS) is 9.55. The van der Waals surface area contributed by atoms with Gasteiger partial charge in [0.25, 0.3) is 6.47 Å². The van der Waals surface area contributed by atoms with Crippen LogP contribution in [0.2, 0.25) is 0 Å². The summed E-state index contributed by atoms with van der Waals surface area (Å²) in [5.74, 6) is -1.12. The fourth-order valence-corrected chi connectivity index (χ4v) is 0.134. The number of aliphatic carboxylic acids is 1. The summed E-state index contributed by atoms with van der Waals surface area (Å²) in [6, 6.07) is -0.965. The quantitative estimate of drug-likeness (QED) is 0.322. The van der Waals surface area contributed by atoms with Gasteiger partial charge in [0.05, 0.1) is 0 Å². The minimum atomic E-state index is -1.12. The van der Waals surface area contributed by atoms with Crippen molar-refractivity contribution in [1.82, 2.24) is 0 Å². The topological polar surface area (TPSA) is 104 Å². The number of hydrogen-bond acceptors (Lipinski definition) is 4. The maximum atomic E-state index is 9.82. The molecule has 62 valence electrons. The van der Waals surface area contributed by atoms with Crippen LogP contribution in [-0.2, 0) is 14.4 Å². The van der Waals surface area contributed by atoms with Crippen molar-refractivity contribution >= 4 is 18.5 Å². The summed E-state index contributed by atoms with van der Waals surface area (Å²) in [5, 5.41) is 14.9. The summed E-state index contributed by atoms with van der Waals surface area (Å²) in [5.41, 5.74) is 0. The number of aliphatic imine (C=N–C) groups is 1. The summed E-state index contributed by atoms with van der Waals surface area (Å²) in [6.07, 6.45) is 1.14. The van der Waals surface area contributed by atoms with Crippen LogP contribution in [0.1, 0.15) is 6.92 Å². The van der Waals surface area contributed by atoms with E-state index < -0.39 is 12.0 Å². The first-order valence-electron chi connectivity index (χ1n) is 2.47. The van der Waals surface area contributed by atoms with Gasteiger partial charge in [0.15, 0.2) is 6.04 Å². The second-order valence-electron chi connectivity index (χ2n) is 1.34. The molecule has 0 bridgehead atoms. The number of carbonyl (C=O) groups excluding carboxylic acids is 1. The molecule has 1 unspecified atom stereocenters. The number of hydrogen-bond donors (Lipinski definition) is 2. The Morgan fingerprint density at radius 3 is 2.18 bits per heavy atom. The Morgan fingerprint density at radius 2 is 2.09 bits per heavy atom. The van der Waals surface area contributed by atoms with E-state index in [2.05, 4.69) is 4.99 Å². The zero-order valence-corrected chi connectivity index (χ0v) is 5.72. The highest BCUT2D eigenvalue weighted by atomic mass is 16.4. The number of nitrogens with zero attached hydrogens (tertiary/aromatic N) is 1. The van der Waals surface area contributed by atoms with Gasteiger partial charge in [-0.1, -0.05) is 0 Å². The molecule has 0 aliphatic rings. The molecule has 0 aromatic heterocycles. The van der Waals surface area contributed by atoms with Crippen molar-refractivity contribution in [2.45, 2.75) is 13.0 Å². The van der Waals surface area contributed by atoms with Crippen molar-refractivity contribution in [3.8, 4) is 0 Å². The molecule has 0 aromatic rings. The lowest BCUT2D eigenvalue weighted by molar-refractivity contribution is -0.138. The van der Waals surface area contributed by atoms with Crippen molar-refractivity contribution in [3.63, 3.8) is 0 Å². The zero-order valence-electron chi connectivity index (χ0n) is 5.72. The van der Waals surface area contributed by atoms with Crippen LogP contribution in [-0.4, -0.2) is 34.8 Å². The van der Waals surface area contributed by atoms with Gasteiger partial charge >= 0.3 is 5.97 Å². The van der Waals surface area contributed by atoms with E-state index in [4.69, 9.17) is 15.0 Å². The first-order chi connectivity index (χ1) is 5.09. The number of rotatable bonds is 2. The molecule has 0 saturated heterocycles. The van der Waals surface area contributed by atoms with Crippen LogP contribution < -0.4 is 0 Å². The predicted molar refractivity (Wildman–Crippen MR) is 33.9 cm³/mol. The van der Waals surface area contributed by atoms with Crippen LogP contribution >= 0.6 is 0 Å². The molecule has 6 nitrogen and oxygen atoms in total. The largest absolute Gasteiger partial charge is 0.483 e. The molecular weight excluding hydrogens is 154 g/mol. The molecule has 0 aliphatic carbocycles. The summed E-state index contributed by atoms with van der Waals surface area (Å²) < 4.78 is 0. The van der Waals surface area contributed by atoms with Crippen molar-refractivity contribution < 1.29 is 24.6 Å². The molecule has 0 amide bonds. The third-order valence-electron chi connectivity index (χ3n) is 0.604. The highest BCUT2D eigenvalue weighted by Gasteiger charge is 2.06. The minimum Gasteiger partial charge on any atom is -0.483 e. The molecule has 6 heteroatoms. The van der Waals surface area contributed by atoms with Crippen molar-refractivity contribution in [2.75, 3.05) is 0 Å². The fourth-order valence-electron chi connectivity index (χ4n) is 0.134. The molecule has 0 rings (SSSR count). The van der Waals surface area contributed by atoms with Gasteiger partial charge in [-0.25, -0.2) is 9.59 Å². The van der Waals surface area contributed by atoms with Crippen molar-refractivity contribution in [2.24, 2.45) is 4.99 Å². The van der Waals surface area contributed by atoms with Gasteiger partial charge in [-0.15, -0.1) is 0 Å². The summed E-state index contributed by atoms with van der Waals surface area (Å²) in [4.78, 5) is 30.5. The molecule has 0 spiro atoms. The van der Waals surface area contributed by atoms with Crippen molar-refractivity contribution in [3.05, 3.63) is 0 Å². The SMILES string of the molecule is CC(N=C=O)C(=O)O.O=CO. The lowest BCUT2D eigenvalue weighted by atomic mass is 10.4. The van der Waals surface area contributed by atoms with Gasteiger partial charge < -0.3 is 10.2 Å². The zero-order chi connectivity index (χ0) is 9.28. The van der Waals surface area contributed by atoms with Crippen LogP contribution in [0.3, 0.4) is 0 Å². The van der Waals surface area contributed by atoms with Gasteiger partial charge in [0, 0.05) is 0 Å². The Morgan fingerprint density at radius 1 is 1.73 bits per heavy atom. The molecule has 0 heterocycles. The van der Waals surface area contributed by atoms with Crippen LogP contribution in [0, 0.1) is 0 Å². The van der Waals surface area contributed by atoms with E-state index in [1.165, 1.54) is 6.92 Å². The third-order valence-corrected chi connectivity index (χ3v) is 0.604. The number of carbonyl (C=O) groups is 2. The van der Waals surface area contributed by atoms with Gasteiger partial charge in [0.2, 0.25) is 6.08 Å². The van der Waals surface area contributed by atoms with E-state index in [0.717, 1.165) is 6.08 Å². The van der Waals surface area contributed by atoms with Crippen molar-refractivity contribution in [1.29, 1.82) is 0 Å². The molecular formula is C5H7NO5. The highest BCUT2D eigenvalue weighted by Crippen LogP contribution is 1.84. The molecule has 11 heavy (non-hydrogen) atoms. The number of carboxylic acid groups (broad SMARTS) is 2. The Hall–Kier alpha value is -1.68. The summed E-state index contributed by atoms with van der Waals surface area (Å²) in [7, 11) is 0. The average Bonchev–Trinajstić information content (AvgIpc) is 1.90. The highest BCUT2D eigenvalue weighted by molar-refractivity contribution is 5.74. The smallest absolute Gasteiger partial charge is 0.329 e. The molecule has 0 saturated carbocycles. The molecule has 2 N–H and O–H groups in total. The minimum absolute atomic E-state index is 0.250. The Bertz CT molecular complexity index is 170. The third kappa shape index (κ3) is 11.7. The average molecular weight is 161 g/mol. The molecule has 1 atom stereocenters. The van der Waals surface area contributed by atoms with Gasteiger partial charge in [-0.05, 0) is 6.92 Å². The Balaban J connectivity index is 0. The lowest BCUT2D eigenvalue weighted by Gasteiger charge is -1.90. The Kier molecular flexibility index (Phi) is 9.11. The fraction of sp³-hybridized carbons (Fsp3) is 0.400. The summed E-state index contributed by atoms with van der Waals surface area (Å²) in [6.45, 7) is 1.05. The van der Waals surface area contributed by atoms with E-state index in [1.54, 1.807) is 0 Å². The lowest BCUT2D eigenvalue weighted by Crippen LogP contribution is -2.12. The molecule has 0 aromatic carbocycles. The predicted octanol–water partition coefficient (Wildman–Crippen LogP) is -0.504. The maximum Gasteiger partial charge on any atom is 0.329 e. The first kappa shape index (κ1) is 12.0. The Labute approximate surface area is 62.2 Å². The summed E-state index contributed by atoms with van der Waals surface area (Å²) >= 11 is 0.